The van der Waals surface area contributed by atoms with E-state index >= 15 is 0 Å². The molecule has 0 radical (unpaired) electrons. The Balaban J connectivity index is 0.000000898. The van der Waals surface area contributed by atoms with E-state index in [0.717, 1.165) is 23.5 Å². The third-order valence-electron chi connectivity index (χ3n) is 12.7. The van der Waals surface area contributed by atoms with Crippen molar-refractivity contribution < 1.29 is 0 Å². The fraction of sp³-hybridized carbons (Fsp3) is 0.229. The van der Waals surface area contributed by atoms with Gasteiger partial charge in [0.25, 0.3) is 0 Å². The molecular formula is C70H79NS. The summed E-state index contributed by atoms with van der Waals surface area (Å²) in [6.07, 6.45) is 12.6. The average molecular weight is 966 g/mol. The van der Waals surface area contributed by atoms with Crippen molar-refractivity contribution in [2.24, 2.45) is 0 Å². The van der Waals surface area contributed by atoms with Crippen LogP contribution >= 0.6 is 11.3 Å². The Labute approximate surface area is 439 Å². The molecule has 8 aromatic carbocycles. The van der Waals surface area contributed by atoms with Crippen LogP contribution in [0.2, 0.25) is 0 Å². The summed E-state index contributed by atoms with van der Waals surface area (Å²) in [4.78, 5) is 2.39. The number of fused-ring (bicyclic) bond motifs is 3. The zero-order valence-corrected chi connectivity index (χ0v) is 46.4. The van der Waals surface area contributed by atoms with Crippen LogP contribution in [0.4, 0.5) is 17.1 Å². The van der Waals surface area contributed by atoms with E-state index in [2.05, 4.69) is 260 Å². The maximum atomic E-state index is 2.39. The quantitative estimate of drug-likeness (QED) is 0.110. The van der Waals surface area contributed by atoms with Crippen molar-refractivity contribution in [3.05, 3.63) is 234 Å². The minimum absolute atomic E-state index is 0.962. The minimum Gasteiger partial charge on any atom is -0.310 e. The predicted molar refractivity (Wildman–Crippen MR) is 327 cm³/mol. The second-order valence-corrected chi connectivity index (χ2v) is 18.3. The molecule has 72 heavy (non-hydrogen) atoms. The molecular weight excluding hydrogens is 887 g/mol. The van der Waals surface area contributed by atoms with Crippen LogP contribution in [0.1, 0.15) is 116 Å². The Kier molecular flexibility index (Phi) is 22.3. The van der Waals surface area contributed by atoms with Crippen molar-refractivity contribution in [1.29, 1.82) is 0 Å². The van der Waals surface area contributed by atoms with E-state index in [4.69, 9.17) is 0 Å². The lowest BCUT2D eigenvalue weighted by Gasteiger charge is -2.27. The van der Waals surface area contributed by atoms with Crippen LogP contribution in [0, 0.1) is 20.8 Å². The largest absolute Gasteiger partial charge is 0.310 e. The lowest BCUT2D eigenvalue weighted by atomic mass is 9.92. The fourth-order valence-electron chi connectivity index (χ4n) is 8.61. The van der Waals surface area contributed by atoms with Crippen molar-refractivity contribution in [3.8, 4) is 33.4 Å². The number of hydrogen-bond donors (Lipinski definition) is 0. The summed E-state index contributed by atoms with van der Waals surface area (Å²) in [6.45, 7) is 27.4. The molecule has 1 heterocycles. The summed E-state index contributed by atoms with van der Waals surface area (Å²) in [5.41, 5.74) is 19.8. The van der Waals surface area contributed by atoms with Gasteiger partial charge in [-0.25, -0.2) is 0 Å². The molecule has 0 aliphatic rings. The molecule has 0 fully saturated rings. The summed E-state index contributed by atoms with van der Waals surface area (Å²) in [5, 5.41) is 2.62. The highest BCUT2D eigenvalue weighted by molar-refractivity contribution is 7.25. The summed E-state index contributed by atoms with van der Waals surface area (Å²) >= 11 is 1.86. The van der Waals surface area contributed by atoms with Crippen LogP contribution in [-0.2, 0) is 0 Å². The standard InChI is InChI=1S/C60H51NS.C4H10.3C2H6/c1-6-45(39-50-21-15-24-56(44(50)5)55-22-11-10-16-42(55)3)18-14-17-41(2)46-26-28-49(29-27-46)54-36-34-52(38-43(54)4)61(51-32-30-48(31-33-51)47-19-8-7-9-20-47)53-35-37-58-57-23-12-13-25-59(57)62-60(58)40-53;1-3-4-2;3*1-2/h7-40H,6H2,1-5H3;3-4H2,1-2H3;3*1-2H3/b18-14-,41-17+,45-39+;;;;. The zero-order valence-electron chi connectivity index (χ0n) is 45.6. The van der Waals surface area contributed by atoms with Crippen LogP contribution in [0.5, 0.6) is 0 Å². The van der Waals surface area contributed by atoms with E-state index < -0.39 is 0 Å². The van der Waals surface area contributed by atoms with Gasteiger partial charge in [0, 0.05) is 37.2 Å². The Morgan fingerprint density at radius 2 is 1.04 bits per heavy atom. The number of unbranched alkanes of at least 4 members (excludes halogenated alkanes) is 1. The maximum absolute atomic E-state index is 2.39. The number of nitrogens with zero attached hydrogens (tertiary/aromatic N) is 1. The van der Waals surface area contributed by atoms with Gasteiger partial charge in [-0.15, -0.1) is 11.3 Å². The first-order chi connectivity index (χ1) is 35.3. The number of anilines is 3. The topological polar surface area (TPSA) is 3.24 Å². The SMILES string of the molecule is CC.CC.CC.CCC(/C=C\C=C(/C)c1ccc(-c2ccc(N(c3ccc(-c4ccccc4)cc3)c3ccc4c(c3)sc3ccccc34)cc2C)cc1)=C\c1cccc(-c2ccccc2C)c1C.CCCC. The first-order valence-corrected chi connectivity index (χ1v) is 27.4. The first kappa shape index (κ1) is 55.9. The van der Waals surface area contributed by atoms with Gasteiger partial charge in [-0.1, -0.05) is 239 Å². The van der Waals surface area contributed by atoms with Crippen LogP contribution in [0.15, 0.2) is 206 Å². The fourth-order valence-corrected chi connectivity index (χ4v) is 9.75. The molecule has 0 aliphatic carbocycles. The van der Waals surface area contributed by atoms with E-state index in [9.17, 15) is 0 Å². The van der Waals surface area contributed by atoms with Crippen LogP contribution in [0.3, 0.4) is 0 Å². The smallest absolute Gasteiger partial charge is 0.0476 e. The predicted octanol–water partition coefficient (Wildman–Crippen LogP) is 22.8. The number of allylic oxidation sites excluding steroid dienone is 5. The Morgan fingerprint density at radius 1 is 0.472 bits per heavy atom. The number of hydrogen-bond acceptors (Lipinski definition) is 2. The molecule has 0 unspecified atom stereocenters. The molecule has 0 saturated carbocycles. The Hall–Kier alpha value is -7.00. The van der Waals surface area contributed by atoms with Crippen LogP contribution < -0.4 is 4.90 Å². The molecule has 370 valence electrons. The summed E-state index contributed by atoms with van der Waals surface area (Å²) in [6, 6.07) is 66.4. The lowest BCUT2D eigenvalue weighted by Crippen LogP contribution is -2.10. The summed E-state index contributed by atoms with van der Waals surface area (Å²) in [7, 11) is 0. The highest BCUT2D eigenvalue weighted by Gasteiger charge is 2.17. The molecule has 1 nitrogen and oxygen atoms in total. The van der Waals surface area contributed by atoms with Crippen molar-refractivity contribution in [1.82, 2.24) is 0 Å². The number of rotatable bonds is 12. The van der Waals surface area contributed by atoms with Crippen molar-refractivity contribution in [3.63, 3.8) is 0 Å². The van der Waals surface area contributed by atoms with Crippen LogP contribution in [-0.4, -0.2) is 0 Å². The minimum atomic E-state index is 0.962. The highest BCUT2D eigenvalue weighted by atomic mass is 32.1. The van der Waals surface area contributed by atoms with Gasteiger partial charge >= 0.3 is 0 Å². The van der Waals surface area contributed by atoms with Gasteiger partial charge in [0.2, 0.25) is 0 Å². The monoisotopic (exact) mass is 966 g/mol. The highest BCUT2D eigenvalue weighted by Crippen LogP contribution is 2.42. The third kappa shape index (κ3) is 13.9. The van der Waals surface area contributed by atoms with E-state index in [-0.39, 0.29) is 0 Å². The molecule has 2 heteroatoms. The van der Waals surface area contributed by atoms with E-state index in [1.807, 2.05) is 52.9 Å². The second kappa shape index (κ2) is 28.7. The van der Waals surface area contributed by atoms with E-state index in [0.29, 0.717) is 0 Å². The van der Waals surface area contributed by atoms with Gasteiger partial charge in [-0.2, -0.15) is 0 Å². The van der Waals surface area contributed by atoms with Gasteiger partial charge in [0.05, 0.1) is 0 Å². The van der Waals surface area contributed by atoms with Crippen molar-refractivity contribution >= 4 is 60.2 Å². The molecule has 9 rings (SSSR count). The van der Waals surface area contributed by atoms with Crippen molar-refractivity contribution in [2.75, 3.05) is 4.90 Å². The normalized spacial score (nSPS) is 11.1. The van der Waals surface area contributed by atoms with Gasteiger partial charge < -0.3 is 4.90 Å². The number of aryl methyl sites for hydroxylation is 2. The Bertz CT molecular complexity index is 3160. The number of thiophene rings is 1. The van der Waals surface area contributed by atoms with Gasteiger partial charge in [0.1, 0.15) is 0 Å². The first-order valence-electron chi connectivity index (χ1n) is 26.6. The number of benzene rings is 8. The molecule has 9 aromatic rings. The van der Waals surface area contributed by atoms with Gasteiger partial charge in [-0.05, 0) is 149 Å². The molecule has 0 amide bonds. The summed E-state index contributed by atoms with van der Waals surface area (Å²) < 4.78 is 2.61. The van der Waals surface area contributed by atoms with Gasteiger partial charge in [-0.3, -0.25) is 0 Å². The molecule has 0 saturated heterocycles. The van der Waals surface area contributed by atoms with E-state index in [1.165, 1.54) is 105 Å². The third-order valence-corrected chi connectivity index (χ3v) is 13.8. The average Bonchev–Trinajstić information content (AvgIpc) is 3.82. The molecule has 0 N–H and O–H groups in total. The van der Waals surface area contributed by atoms with Gasteiger partial charge in [0.15, 0.2) is 0 Å². The van der Waals surface area contributed by atoms with Crippen molar-refractivity contribution in [2.45, 2.75) is 109 Å². The molecule has 0 spiro atoms. The van der Waals surface area contributed by atoms with Crippen LogP contribution in [0.25, 0.3) is 65.2 Å². The molecule has 0 bridgehead atoms. The zero-order chi connectivity index (χ0) is 52.0. The molecule has 0 atom stereocenters. The second-order valence-electron chi connectivity index (χ2n) is 17.2. The summed E-state index contributed by atoms with van der Waals surface area (Å²) in [5.74, 6) is 0. The van der Waals surface area contributed by atoms with E-state index in [1.54, 1.807) is 0 Å². The molecule has 0 aliphatic heterocycles. The molecule has 1 aromatic heterocycles. The lowest BCUT2D eigenvalue weighted by molar-refractivity contribution is 0.886. The Morgan fingerprint density at radius 3 is 1.71 bits per heavy atom. The maximum Gasteiger partial charge on any atom is 0.0476 e.